The van der Waals surface area contributed by atoms with Gasteiger partial charge in [-0.15, -0.1) is 0 Å². The van der Waals surface area contributed by atoms with Crippen molar-refractivity contribution in [3.05, 3.63) is 0 Å². The summed E-state index contributed by atoms with van der Waals surface area (Å²) < 4.78 is 0. The second-order valence-corrected chi connectivity index (χ2v) is 0. The molecule has 0 bridgehead atoms. The molecular formula is CuPbS2. The second kappa shape index (κ2) is 19.2. The Labute approximate surface area is 70.6 Å². The molecule has 0 amide bonds. The maximum atomic E-state index is 0. The molecule has 0 aliphatic rings. The van der Waals surface area contributed by atoms with E-state index >= 15 is 0 Å². The Morgan fingerprint density at radius 1 is 0.750 bits per heavy atom. The monoisotopic (exact) mass is 335 g/mol. The largest absolute Gasteiger partial charge is 2.00 e. The van der Waals surface area contributed by atoms with Gasteiger partial charge >= 0.3 is 44.4 Å². The van der Waals surface area contributed by atoms with Crippen molar-refractivity contribution in [2.24, 2.45) is 0 Å². The summed E-state index contributed by atoms with van der Waals surface area (Å²) >= 11 is 0. The van der Waals surface area contributed by atoms with Crippen LogP contribution in [0.3, 0.4) is 0 Å². The van der Waals surface area contributed by atoms with Gasteiger partial charge < -0.3 is 27.0 Å². The Morgan fingerprint density at radius 3 is 0.750 bits per heavy atom. The maximum absolute atomic E-state index is 0. The molecule has 4 heavy (non-hydrogen) atoms. The summed E-state index contributed by atoms with van der Waals surface area (Å²) in [4.78, 5) is 0. The van der Waals surface area contributed by atoms with Crippen molar-refractivity contribution in [2.45, 2.75) is 0 Å². The zero-order valence-corrected chi connectivity index (χ0v) is 8.08. The van der Waals surface area contributed by atoms with Gasteiger partial charge in [-0.25, -0.2) is 0 Å². The van der Waals surface area contributed by atoms with Gasteiger partial charge in [-0.3, -0.25) is 0 Å². The molecule has 0 aromatic rings. The molecule has 3 radical (unpaired) electrons. The molecule has 0 saturated heterocycles. The van der Waals surface area contributed by atoms with E-state index in [1.807, 2.05) is 0 Å². The minimum Gasteiger partial charge on any atom is -2.00 e. The Balaban J connectivity index is 0. The van der Waals surface area contributed by atoms with Gasteiger partial charge in [-0.05, 0) is 0 Å². The first-order valence-corrected chi connectivity index (χ1v) is 0. The first-order chi connectivity index (χ1) is 0. The fraction of sp³-hybridized carbons (Fsp3) is 0. The van der Waals surface area contributed by atoms with Gasteiger partial charge in [0.1, 0.15) is 0 Å². The molecular weight excluding hydrogens is 335 g/mol. The molecule has 0 aromatic heterocycles. The molecule has 0 N–H and O–H groups in total. The van der Waals surface area contributed by atoms with Crippen molar-refractivity contribution in [3.63, 3.8) is 0 Å². The number of hydrogen-bond acceptors (Lipinski definition) is 0. The maximum Gasteiger partial charge on any atom is 2.00 e. The molecule has 27 valence electrons. The fourth-order valence-electron chi connectivity index (χ4n) is 0. The van der Waals surface area contributed by atoms with E-state index in [1.54, 1.807) is 0 Å². The SMILES string of the molecule is [Cu+2].[Pb+2].[S-2].[S-2]. The van der Waals surface area contributed by atoms with Gasteiger partial charge in [0.2, 0.25) is 0 Å². The van der Waals surface area contributed by atoms with E-state index in [0.717, 1.165) is 0 Å². The molecule has 0 unspecified atom stereocenters. The average Bonchev–Trinajstić information content (AvgIpc) is 0. The molecule has 0 aromatic carbocycles. The molecule has 4 heteroatoms. The van der Waals surface area contributed by atoms with Gasteiger partial charge in [0.15, 0.2) is 0 Å². The van der Waals surface area contributed by atoms with Crippen molar-refractivity contribution >= 4 is 54.3 Å². The third-order valence-electron chi connectivity index (χ3n) is 0. The van der Waals surface area contributed by atoms with Gasteiger partial charge in [0, 0.05) is 0 Å². The zero-order chi connectivity index (χ0) is 0. The number of hydrogen-bond donors (Lipinski definition) is 0. The van der Waals surface area contributed by atoms with E-state index < -0.39 is 0 Å². The normalized spacial score (nSPS) is 0. The van der Waals surface area contributed by atoms with Crippen LogP contribution in [0.25, 0.3) is 0 Å². The Morgan fingerprint density at radius 2 is 0.750 bits per heavy atom. The van der Waals surface area contributed by atoms with Crippen LogP contribution in [0.5, 0.6) is 0 Å². The van der Waals surface area contributed by atoms with Crippen molar-refractivity contribution in [1.29, 1.82) is 0 Å². The van der Waals surface area contributed by atoms with Crippen LogP contribution in [0.15, 0.2) is 0 Å². The van der Waals surface area contributed by atoms with E-state index in [2.05, 4.69) is 0 Å². The summed E-state index contributed by atoms with van der Waals surface area (Å²) in [5.41, 5.74) is 0. The second-order valence-electron chi connectivity index (χ2n) is 0. The number of rotatable bonds is 0. The van der Waals surface area contributed by atoms with Crippen molar-refractivity contribution in [1.82, 2.24) is 0 Å². The van der Waals surface area contributed by atoms with Crippen LogP contribution in [-0.2, 0) is 44.1 Å². The third-order valence-corrected chi connectivity index (χ3v) is 0. The molecule has 0 nitrogen and oxygen atoms in total. The Kier molecular flexibility index (Phi) is 170. The van der Waals surface area contributed by atoms with Crippen LogP contribution < -0.4 is 0 Å². The first kappa shape index (κ1) is 35.4. The molecule has 0 heterocycles. The summed E-state index contributed by atoms with van der Waals surface area (Å²) in [5, 5.41) is 0. The van der Waals surface area contributed by atoms with E-state index in [1.165, 1.54) is 0 Å². The zero-order valence-electron chi connectivity index (χ0n) is 1.62. The van der Waals surface area contributed by atoms with Crippen LogP contribution in [0.1, 0.15) is 0 Å². The van der Waals surface area contributed by atoms with Crippen LogP contribution in [0.2, 0.25) is 0 Å². The summed E-state index contributed by atoms with van der Waals surface area (Å²) in [7, 11) is 0. The quantitative estimate of drug-likeness (QED) is 0.530. The van der Waals surface area contributed by atoms with Crippen molar-refractivity contribution < 1.29 is 17.1 Å². The summed E-state index contributed by atoms with van der Waals surface area (Å²) in [5.74, 6) is 0. The summed E-state index contributed by atoms with van der Waals surface area (Å²) in [6.45, 7) is 0. The average molecular weight is 335 g/mol. The molecule has 0 fully saturated rings. The van der Waals surface area contributed by atoms with Gasteiger partial charge in [-0.1, -0.05) is 0 Å². The predicted molar refractivity (Wildman–Crippen MR) is 20.5 cm³/mol. The van der Waals surface area contributed by atoms with Crippen molar-refractivity contribution in [3.8, 4) is 0 Å². The van der Waals surface area contributed by atoms with Crippen LogP contribution in [-0.4, -0.2) is 27.3 Å². The Hall–Kier alpha value is 2.14. The van der Waals surface area contributed by atoms with E-state index in [0.29, 0.717) is 0 Å². The minimum atomic E-state index is 0. The van der Waals surface area contributed by atoms with Gasteiger partial charge in [0.25, 0.3) is 0 Å². The molecule has 0 aliphatic carbocycles. The minimum absolute atomic E-state index is 0. The topological polar surface area (TPSA) is 0 Å². The van der Waals surface area contributed by atoms with Crippen LogP contribution >= 0.6 is 0 Å². The first-order valence-electron chi connectivity index (χ1n) is 0. The van der Waals surface area contributed by atoms with Crippen LogP contribution in [0.4, 0.5) is 0 Å². The summed E-state index contributed by atoms with van der Waals surface area (Å²) in [6, 6.07) is 0. The molecule has 0 rings (SSSR count). The van der Waals surface area contributed by atoms with E-state index in [4.69, 9.17) is 0 Å². The standard InChI is InChI=1S/Cu.Pb.2S/q2*+2;2*-2. The fourth-order valence-corrected chi connectivity index (χ4v) is 0. The van der Waals surface area contributed by atoms with Crippen molar-refractivity contribution in [2.75, 3.05) is 0 Å². The smallest absolute Gasteiger partial charge is 2.00 e. The molecule has 0 aliphatic heterocycles. The predicted octanol–water partition coefficient (Wildman–Crippen LogP) is -0.388. The summed E-state index contributed by atoms with van der Waals surface area (Å²) in [6.07, 6.45) is 0. The Bertz CT molecular complexity index is 6.00. The van der Waals surface area contributed by atoms with Crippen LogP contribution in [0, 0.1) is 0 Å². The molecule has 0 saturated carbocycles. The van der Waals surface area contributed by atoms with E-state index in [-0.39, 0.29) is 71.4 Å². The third kappa shape index (κ3) is 8.91. The van der Waals surface area contributed by atoms with Gasteiger partial charge in [-0.2, -0.15) is 0 Å². The molecule has 0 spiro atoms. The van der Waals surface area contributed by atoms with Gasteiger partial charge in [0.05, 0.1) is 0 Å². The molecule has 0 atom stereocenters. The van der Waals surface area contributed by atoms with E-state index in [9.17, 15) is 0 Å².